The van der Waals surface area contributed by atoms with Gasteiger partial charge in [-0.25, -0.2) is 0 Å². The number of carbonyl (C=O) groups is 5. The van der Waals surface area contributed by atoms with Crippen LogP contribution in [0.15, 0.2) is 78.9 Å². The smallest absolute Gasteiger partial charge is 0.258 e. The van der Waals surface area contributed by atoms with Crippen molar-refractivity contribution >= 4 is 29.5 Å². The highest BCUT2D eigenvalue weighted by Crippen LogP contribution is 2.28. The van der Waals surface area contributed by atoms with Gasteiger partial charge in [0.25, 0.3) is 11.8 Å². The minimum Gasteiger partial charge on any atom is -0.484 e. The zero-order valence-electron chi connectivity index (χ0n) is 21.6. The van der Waals surface area contributed by atoms with Crippen LogP contribution in [-0.4, -0.2) is 47.1 Å². The molecule has 2 aliphatic rings. The average molecular weight is 541 g/mol. The lowest BCUT2D eigenvalue weighted by atomic mass is 10.0. The summed E-state index contributed by atoms with van der Waals surface area (Å²) < 4.78 is 5.51. The van der Waals surface area contributed by atoms with Crippen LogP contribution in [0.1, 0.15) is 45.9 Å². The van der Waals surface area contributed by atoms with Gasteiger partial charge in [0.05, 0.1) is 0 Å². The summed E-state index contributed by atoms with van der Waals surface area (Å²) in [6.45, 7) is 0.161. The zero-order chi connectivity index (χ0) is 28.1. The van der Waals surface area contributed by atoms with Gasteiger partial charge in [0.2, 0.25) is 17.7 Å². The molecule has 0 saturated carbocycles. The maximum Gasteiger partial charge on any atom is 0.258 e. The van der Waals surface area contributed by atoms with Crippen LogP contribution in [0.25, 0.3) is 0 Å². The van der Waals surface area contributed by atoms with Gasteiger partial charge in [-0.05, 0) is 41.3 Å². The van der Waals surface area contributed by atoms with E-state index in [1.54, 1.807) is 60.7 Å². The number of para-hydroxylation sites is 1. The fourth-order valence-electron chi connectivity index (χ4n) is 4.84. The molecule has 1 unspecified atom stereocenters. The highest BCUT2D eigenvalue weighted by Gasteiger charge is 2.39. The van der Waals surface area contributed by atoms with Crippen molar-refractivity contribution in [3.05, 3.63) is 101 Å². The van der Waals surface area contributed by atoms with Crippen LogP contribution >= 0.6 is 0 Å². The molecule has 2 heterocycles. The van der Waals surface area contributed by atoms with E-state index in [9.17, 15) is 24.0 Å². The van der Waals surface area contributed by atoms with Crippen molar-refractivity contribution in [1.29, 1.82) is 0 Å². The number of fused-ring (bicyclic) bond motifs is 1. The van der Waals surface area contributed by atoms with Crippen molar-refractivity contribution in [1.82, 2.24) is 20.9 Å². The second-order valence-corrected chi connectivity index (χ2v) is 9.62. The Kier molecular flexibility index (Phi) is 7.86. The van der Waals surface area contributed by atoms with E-state index in [-0.39, 0.29) is 44.4 Å². The van der Waals surface area contributed by atoms with Crippen LogP contribution in [0.4, 0.5) is 0 Å². The minimum atomic E-state index is -0.938. The molecule has 5 rings (SSSR count). The lowest BCUT2D eigenvalue weighted by molar-refractivity contribution is -0.137. The van der Waals surface area contributed by atoms with Crippen LogP contribution in [0, 0.1) is 0 Å². The number of hydrogen-bond donors (Lipinski definition) is 3. The number of ether oxygens (including phenoxy) is 1. The Balaban J connectivity index is 1.22. The van der Waals surface area contributed by atoms with Crippen LogP contribution in [0.3, 0.4) is 0 Å². The van der Waals surface area contributed by atoms with E-state index in [1.165, 1.54) is 4.90 Å². The molecule has 204 valence electrons. The Morgan fingerprint density at radius 1 is 0.975 bits per heavy atom. The first kappa shape index (κ1) is 26.6. The first-order valence-corrected chi connectivity index (χ1v) is 13.0. The Morgan fingerprint density at radius 3 is 2.42 bits per heavy atom. The average Bonchev–Trinajstić information content (AvgIpc) is 3.29. The number of piperidine rings is 1. The molecule has 0 aliphatic carbocycles. The number of nitrogens with zero attached hydrogens (tertiary/aromatic N) is 1. The number of imide groups is 1. The van der Waals surface area contributed by atoms with Crippen molar-refractivity contribution in [2.24, 2.45) is 0 Å². The topological polar surface area (TPSA) is 134 Å². The number of benzene rings is 3. The van der Waals surface area contributed by atoms with Gasteiger partial charge in [-0.2, -0.15) is 0 Å². The fourth-order valence-corrected chi connectivity index (χ4v) is 4.84. The van der Waals surface area contributed by atoms with Gasteiger partial charge in [0.1, 0.15) is 17.8 Å². The van der Waals surface area contributed by atoms with Crippen molar-refractivity contribution in [2.45, 2.75) is 38.0 Å². The molecule has 2 atom stereocenters. The summed E-state index contributed by atoms with van der Waals surface area (Å²) in [5.74, 6) is -1.36. The first-order chi connectivity index (χ1) is 19.4. The van der Waals surface area contributed by atoms with E-state index in [1.807, 2.05) is 18.2 Å². The monoisotopic (exact) mass is 540 g/mol. The molecule has 40 heavy (non-hydrogen) atoms. The van der Waals surface area contributed by atoms with E-state index in [2.05, 4.69) is 16.0 Å². The fraction of sp³-hybridized carbons (Fsp3) is 0.233. The van der Waals surface area contributed by atoms with Gasteiger partial charge in [-0.3, -0.25) is 29.3 Å². The largest absolute Gasteiger partial charge is 0.484 e. The number of carbonyl (C=O) groups excluding carboxylic acids is 5. The first-order valence-electron chi connectivity index (χ1n) is 13.0. The predicted molar refractivity (Wildman–Crippen MR) is 144 cm³/mol. The summed E-state index contributed by atoms with van der Waals surface area (Å²) >= 11 is 0. The Labute approximate surface area is 230 Å². The third-order valence-electron chi connectivity index (χ3n) is 6.87. The summed E-state index contributed by atoms with van der Waals surface area (Å²) in [6, 6.07) is 21.4. The maximum atomic E-state index is 13.2. The SMILES string of the molecule is O=C1CCC(N2Cc3cc(CNC(=O)[C@@H](NC(=O)COc4ccccc4)c4ccccc4)ccc3C2=O)C(=O)N1. The lowest BCUT2D eigenvalue weighted by Crippen LogP contribution is -2.52. The molecular formula is C30H28N4O6. The highest BCUT2D eigenvalue weighted by molar-refractivity contribution is 6.05. The molecule has 0 spiro atoms. The van der Waals surface area contributed by atoms with E-state index in [4.69, 9.17) is 4.74 Å². The van der Waals surface area contributed by atoms with E-state index in [0.29, 0.717) is 16.9 Å². The molecule has 3 N–H and O–H groups in total. The summed E-state index contributed by atoms with van der Waals surface area (Å²) in [4.78, 5) is 64.1. The van der Waals surface area contributed by atoms with Gasteiger partial charge in [-0.15, -0.1) is 0 Å². The summed E-state index contributed by atoms with van der Waals surface area (Å²) in [5, 5.41) is 7.91. The van der Waals surface area contributed by atoms with Gasteiger partial charge in [0, 0.05) is 25.1 Å². The van der Waals surface area contributed by atoms with E-state index < -0.39 is 29.8 Å². The molecule has 5 amide bonds. The minimum absolute atomic E-state index is 0.165. The van der Waals surface area contributed by atoms with Crippen molar-refractivity contribution in [3.63, 3.8) is 0 Å². The molecule has 1 fully saturated rings. The molecule has 10 heteroatoms. The van der Waals surface area contributed by atoms with Crippen LogP contribution < -0.4 is 20.7 Å². The number of rotatable bonds is 9. The molecule has 0 radical (unpaired) electrons. The van der Waals surface area contributed by atoms with Crippen LogP contribution in [-0.2, 0) is 32.3 Å². The molecule has 3 aromatic rings. The van der Waals surface area contributed by atoms with E-state index in [0.717, 1.165) is 11.1 Å². The second kappa shape index (κ2) is 11.8. The Morgan fingerprint density at radius 2 is 1.70 bits per heavy atom. The third kappa shape index (κ3) is 6.01. The quantitative estimate of drug-likeness (QED) is 0.356. The molecule has 2 aliphatic heterocycles. The van der Waals surface area contributed by atoms with Crippen LogP contribution in [0.2, 0.25) is 0 Å². The number of hydrogen-bond acceptors (Lipinski definition) is 6. The lowest BCUT2D eigenvalue weighted by Gasteiger charge is -2.29. The number of nitrogens with one attached hydrogen (secondary N) is 3. The van der Waals surface area contributed by atoms with E-state index >= 15 is 0 Å². The van der Waals surface area contributed by atoms with Crippen molar-refractivity contribution in [2.75, 3.05) is 6.61 Å². The molecule has 3 aromatic carbocycles. The van der Waals surface area contributed by atoms with Crippen molar-refractivity contribution < 1.29 is 28.7 Å². The standard InChI is InChI=1S/C30H28N4O6/c35-25-14-13-24(28(37)33-25)34-17-21-15-19(11-12-23(21)30(34)39)16-31-29(38)27(20-7-3-1-4-8-20)32-26(36)18-40-22-9-5-2-6-10-22/h1-12,15,24,27H,13-14,16-18H2,(H,31,38)(H,32,36)(H,33,35,37)/t24?,27-/m0/s1. The Hall–Kier alpha value is -4.99. The Bertz CT molecular complexity index is 1440. The third-order valence-corrected chi connectivity index (χ3v) is 6.87. The molecule has 0 aromatic heterocycles. The number of amides is 5. The van der Waals surface area contributed by atoms with Gasteiger partial charge >= 0.3 is 0 Å². The second-order valence-electron chi connectivity index (χ2n) is 9.62. The molecule has 1 saturated heterocycles. The normalized spacial score (nSPS) is 17.1. The summed E-state index contributed by atoms with van der Waals surface area (Å²) in [5.41, 5.74) is 2.61. The maximum absolute atomic E-state index is 13.2. The summed E-state index contributed by atoms with van der Waals surface area (Å²) in [7, 11) is 0. The van der Waals surface area contributed by atoms with Gasteiger partial charge in [0.15, 0.2) is 6.61 Å². The molecular weight excluding hydrogens is 512 g/mol. The van der Waals surface area contributed by atoms with Gasteiger partial charge in [-0.1, -0.05) is 60.7 Å². The highest BCUT2D eigenvalue weighted by atomic mass is 16.5. The zero-order valence-corrected chi connectivity index (χ0v) is 21.6. The van der Waals surface area contributed by atoms with Crippen LogP contribution in [0.5, 0.6) is 5.75 Å². The molecule has 0 bridgehead atoms. The van der Waals surface area contributed by atoms with Crippen molar-refractivity contribution in [3.8, 4) is 5.75 Å². The molecule has 10 nitrogen and oxygen atoms in total. The van der Waals surface area contributed by atoms with Gasteiger partial charge < -0.3 is 20.3 Å². The predicted octanol–water partition coefficient (Wildman–Crippen LogP) is 2.00. The summed E-state index contributed by atoms with van der Waals surface area (Å²) in [6.07, 6.45) is 0.474.